The van der Waals surface area contributed by atoms with Gasteiger partial charge in [0, 0.05) is 22.9 Å². The van der Waals surface area contributed by atoms with Crippen LogP contribution in [0.15, 0.2) is 35.6 Å². The fourth-order valence-electron chi connectivity index (χ4n) is 2.95. The van der Waals surface area contributed by atoms with Crippen LogP contribution in [0.5, 0.6) is 0 Å². The maximum Gasteiger partial charge on any atom is 0.313 e. The van der Waals surface area contributed by atoms with Crippen LogP contribution in [0.25, 0.3) is 11.1 Å². The predicted molar refractivity (Wildman–Crippen MR) is 113 cm³/mol. The number of hydrogen-bond donors (Lipinski definition) is 3. The fourth-order valence-corrected chi connectivity index (χ4v) is 2.95. The number of nitrogens with two attached hydrogens (primary N) is 1. The summed E-state index contributed by atoms with van der Waals surface area (Å²) in [5.74, 6) is -2.43. The van der Waals surface area contributed by atoms with Crippen molar-refractivity contribution in [2.45, 2.75) is 19.2 Å². The summed E-state index contributed by atoms with van der Waals surface area (Å²) < 4.78 is 47.4. The Hall–Kier alpha value is -3.67. The molecule has 1 unspecified atom stereocenters. The van der Waals surface area contributed by atoms with Gasteiger partial charge in [0.25, 0.3) is 0 Å². The van der Waals surface area contributed by atoms with Crippen LogP contribution in [0.3, 0.4) is 0 Å². The van der Waals surface area contributed by atoms with Gasteiger partial charge in [-0.3, -0.25) is 10.2 Å². The van der Waals surface area contributed by atoms with Crippen LogP contribution in [0.1, 0.15) is 12.0 Å². The van der Waals surface area contributed by atoms with Crippen LogP contribution in [0.4, 0.5) is 19.0 Å². The lowest BCUT2D eigenvalue weighted by molar-refractivity contribution is -0.143. The monoisotopic (exact) mass is 465 g/mol. The van der Waals surface area contributed by atoms with Gasteiger partial charge in [-0.1, -0.05) is 23.4 Å². The van der Waals surface area contributed by atoms with Crippen LogP contribution in [0, 0.1) is 17.0 Å². The normalized spacial score (nSPS) is 13.8. The molecule has 2 heterocycles. The number of oxime groups is 1. The number of aliphatic hydroxyl groups excluding tert-OH is 1. The zero-order valence-corrected chi connectivity index (χ0v) is 17.4. The Morgan fingerprint density at radius 3 is 2.79 bits per heavy atom. The summed E-state index contributed by atoms with van der Waals surface area (Å²) in [6.45, 7) is -0.933. The number of ether oxygens (including phenoxy) is 1. The van der Waals surface area contributed by atoms with Gasteiger partial charge in [0.15, 0.2) is 24.4 Å². The number of nitrogens with one attached hydrogen (secondary N) is 1. The van der Waals surface area contributed by atoms with E-state index in [-0.39, 0.29) is 54.6 Å². The van der Waals surface area contributed by atoms with Gasteiger partial charge in [0.05, 0.1) is 25.4 Å². The second kappa shape index (κ2) is 10.8. The number of amidine groups is 1. The number of anilines is 1. The molecular formula is C21H22F3N5O4. The molecule has 1 aromatic heterocycles. The average Bonchev–Trinajstić information content (AvgIpc) is 2.74. The molecule has 0 aliphatic carbocycles. The van der Waals surface area contributed by atoms with E-state index in [1.807, 2.05) is 0 Å². The first-order chi connectivity index (χ1) is 15.8. The van der Waals surface area contributed by atoms with Crippen LogP contribution in [-0.4, -0.2) is 60.1 Å². The van der Waals surface area contributed by atoms with Crippen molar-refractivity contribution in [3.63, 3.8) is 0 Å². The highest BCUT2D eigenvalue weighted by Crippen LogP contribution is 2.29. The van der Waals surface area contributed by atoms with Gasteiger partial charge >= 0.3 is 5.97 Å². The van der Waals surface area contributed by atoms with Crippen molar-refractivity contribution in [3.8, 4) is 11.1 Å². The molecule has 1 aliphatic rings. The van der Waals surface area contributed by atoms with Crippen molar-refractivity contribution in [1.29, 1.82) is 5.41 Å². The van der Waals surface area contributed by atoms with Crippen LogP contribution in [0.2, 0.25) is 0 Å². The van der Waals surface area contributed by atoms with Gasteiger partial charge in [-0.2, -0.15) is 0 Å². The number of alkyl halides is 1. The van der Waals surface area contributed by atoms with Crippen LogP contribution in [-0.2, 0) is 21.0 Å². The third-order valence-electron chi connectivity index (χ3n) is 4.63. The fraction of sp³-hybridized carbons (Fsp3) is 0.333. The Bertz CT molecular complexity index is 1060. The Labute approximate surface area is 187 Å². The summed E-state index contributed by atoms with van der Waals surface area (Å²) in [4.78, 5) is 22.0. The van der Waals surface area contributed by atoms with Gasteiger partial charge in [0.2, 0.25) is 0 Å². The minimum Gasteiger partial charge on any atom is -0.460 e. The number of benzene rings is 1. The molecule has 3 rings (SSSR count). The molecule has 4 N–H and O–H groups in total. The first-order valence-corrected chi connectivity index (χ1v) is 9.88. The molecule has 1 atom stereocenters. The Balaban J connectivity index is 1.65. The van der Waals surface area contributed by atoms with E-state index in [9.17, 15) is 18.0 Å². The highest BCUT2D eigenvalue weighted by Gasteiger charge is 2.27. The molecule has 33 heavy (non-hydrogen) atoms. The summed E-state index contributed by atoms with van der Waals surface area (Å²) in [5, 5.41) is 19.4. The lowest BCUT2D eigenvalue weighted by Gasteiger charge is -2.33. The number of esters is 1. The van der Waals surface area contributed by atoms with Crippen LogP contribution >= 0.6 is 0 Å². The maximum absolute atomic E-state index is 14.9. The highest BCUT2D eigenvalue weighted by atomic mass is 19.1. The number of aromatic nitrogens is 1. The van der Waals surface area contributed by atoms with Gasteiger partial charge < -0.3 is 25.3 Å². The van der Waals surface area contributed by atoms with Crippen molar-refractivity contribution < 1.29 is 32.6 Å². The van der Waals surface area contributed by atoms with Crippen molar-refractivity contribution in [2.24, 2.45) is 10.9 Å². The van der Waals surface area contributed by atoms with Gasteiger partial charge in [-0.05, 0) is 6.07 Å². The quantitative estimate of drug-likeness (QED) is 0.211. The van der Waals surface area contributed by atoms with E-state index in [0.717, 1.165) is 6.07 Å². The molecule has 1 saturated heterocycles. The summed E-state index contributed by atoms with van der Waals surface area (Å²) in [6, 6.07) is 5.55. The first kappa shape index (κ1) is 24.0. The Kier molecular flexibility index (Phi) is 7.83. The molecule has 176 valence electrons. The first-order valence-electron chi connectivity index (χ1n) is 9.88. The van der Waals surface area contributed by atoms with E-state index < -0.39 is 36.8 Å². The lowest BCUT2D eigenvalue weighted by atomic mass is 10.0. The molecule has 1 fully saturated rings. The summed E-state index contributed by atoms with van der Waals surface area (Å²) >= 11 is 0. The molecule has 2 aromatic rings. The van der Waals surface area contributed by atoms with Gasteiger partial charge in [-0.15, -0.1) is 0 Å². The number of hydrogen-bond acceptors (Lipinski definition) is 8. The highest BCUT2D eigenvalue weighted by molar-refractivity contribution is 5.99. The molecule has 12 heteroatoms. The molecule has 1 aromatic carbocycles. The van der Waals surface area contributed by atoms with Crippen molar-refractivity contribution in [3.05, 3.63) is 47.7 Å². The number of rotatable bonds is 10. The molecule has 0 amide bonds. The summed E-state index contributed by atoms with van der Waals surface area (Å²) in [5.41, 5.74) is 6.04. The molecule has 0 spiro atoms. The van der Waals surface area contributed by atoms with E-state index in [2.05, 4.69) is 10.1 Å². The van der Waals surface area contributed by atoms with E-state index in [4.69, 9.17) is 25.8 Å². The SMILES string of the molecule is N=C(N)CC(=O)OCc1cccc(-c2cnc(N3CC(=NOCC(F)CO)C3)c(F)c2)c1F. The lowest BCUT2D eigenvalue weighted by Crippen LogP contribution is -2.48. The molecule has 0 saturated carbocycles. The zero-order chi connectivity index (χ0) is 24.0. The van der Waals surface area contributed by atoms with Crippen molar-refractivity contribution >= 4 is 23.3 Å². The molecule has 1 aliphatic heterocycles. The maximum atomic E-state index is 14.9. The topological polar surface area (TPSA) is 134 Å². The minimum absolute atomic E-state index is 0.0474. The number of carbonyl (C=O) groups is 1. The van der Waals surface area contributed by atoms with Gasteiger partial charge in [0.1, 0.15) is 24.7 Å². The predicted octanol–water partition coefficient (Wildman–Crippen LogP) is 1.92. The standard InChI is InChI=1S/C21H22F3N5O4/c22-14(9-30)11-33-28-15-7-29(8-15)21-17(23)4-13(6-27-21)16-3-1-2-12(20(16)24)10-32-19(31)5-18(25)26/h1-4,6,14,30H,5,7-11H2,(H3,25,26). The number of halogens is 3. The third kappa shape index (κ3) is 6.19. The number of aliphatic hydroxyl groups is 1. The van der Waals surface area contributed by atoms with Gasteiger partial charge in [-0.25, -0.2) is 18.2 Å². The largest absolute Gasteiger partial charge is 0.460 e. The second-order valence-corrected chi connectivity index (χ2v) is 7.26. The molecule has 0 bridgehead atoms. The average molecular weight is 465 g/mol. The van der Waals surface area contributed by atoms with Crippen molar-refractivity contribution in [1.82, 2.24) is 4.98 Å². The molecule has 9 nitrogen and oxygen atoms in total. The van der Waals surface area contributed by atoms with E-state index >= 15 is 0 Å². The molecule has 0 radical (unpaired) electrons. The number of carbonyl (C=O) groups excluding carboxylic acids is 1. The number of nitrogens with zero attached hydrogens (tertiary/aromatic N) is 3. The zero-order valence-electron chi connectivity index (χ0n) is 17.4. The Morgan fingerprint density at radius 1 is 1.36 bits per heavy atom. The van der Waals surface area contributed by atoms with Crippen LogP contribution < -0.4 is 10.6 Å². The Morgan fingerprint density at radius 2 is 2.12 bits per heavy atom. The summed E-state index contributed by atoms with van der Waals surface area (Å²) in [7, 11) is 0. The molecular weight excluding hydrogens is 443 g/mol. The minimum atomic E-state index is -1.52. The summed E-state index contributed by atoms with van der Waals surface area (Å²) in [6.07, 6.45) is -0.599. The third-order valence-corrected chi connectivity index (χ3v) is 4.63. The number of pyridine rings is 1. The smallest absolute Gasteiger partial charge is 0.313 e. The van der Waals surface area contributed by atoms with E-state index in [1.54, 1.807) is 4.90 Å². The van der Waals surface area contributed by atoms with Crippen molar-refractivity contribution in [2.75, 3.05) is 31.2 Å². The second-order valence-electron chi connectivity index (χ2n) is 7.26. The van der Waals surface area contributed by atoms with E-state index in [1.165, 1.54) is 24.4 Å². The van der Waals surface area contributed by atoms with E-state index in [0.29, 0.717) is 5.71 Å².